The van der Waals surface area contributed by atoms with E-state index in [1.54, 1.807) is 12.1 Å². The van der Waals surface area contributed by atoms with E-state index >= 15 is 0 Å². The first-order valence-electron chi connectivity index (χ1n) is 6.55. The van der Waals surface area contributed by atoms with Crippen LogP contribution in [-0.2, 0) is 0 Å². The molecule has 2 N–H and O–H groups in total. The quantitative estimate of drug-likeness (QED) is 0.895. The third-order valence-electron chi connectivity index (χ3n) is 3.60. The van der Waals surface area contributed by atoms with Gasteiger partial charge in [-0.2, -0.15) is 0 Å². The summed E-state index contributed by atoms with van der Waals surface area (Å²) in [4.78, 5) is 12.1. The molecule has 5 heteroatoms. The number of carbonyl (C=O) groups excluding carboxylic acids is 1. The summed E-state index contributed by atoms with van der Waals surface area (Å²) in [5, 5.41) is 6.21. The monoisotopic (exact) mass is 328 g/mol. The molecule has 19 heavy (non-hydrogen) atoms. The lowest BCUT2D eigenvalue weighted by Gasteiger charge is -2.29. The molecule has 1 aromatic rings. The highest BCUT2D eigenvalue weighted by atomic mass is 79.9. The van der Waals surface area contributed by atoms with Gasteiger partial charge in [0.05, 0.1) is 10.0 Å². The Morgan fingerprint density at radius 3 is 3.05 bits per heavy atom. The molecule has 3 nitrogen and oxygen atoms in total. The Morgan fingerprint density at radius 2 is 2.37 bits per heavy atom. The van der Waals surface area contributed by atoms with Crippen LogP contribution >= 0.6 is 15.9 Å². The smallest absolute Gasteiger partial charge is 0.254 e. The fourth-order valence-corrected chi connectivity index (χ4v) is 2.75. The number of piperidine rings is 1. The summed E-state index contributed by atoms with van der Waals surface area (Å²) >= 11 is 3.09. The van der Waals surface area contributed by atoms with Crippen molar-refractivity contribution in [1.82, 2.24) is 10.6 Å². The highest BCUT2D eigenvalue weighted by Gasteiger charge is 2.23. The van der Waals surface area contributed by atoms with Gasteiger partial charge in [0, 0.05) is 6.04 Å². The molecule has 0 aromatic heterocycles. The van der Waals surface area contributed by atoms with Gasteiger partial charge in [0.25, 0.3) is 5.91 Å². The van der Waals surface area contributed by atoms with Gasteiger partial charge in [0.15, 0.2) is 0 Å². The molecule has 0 aliphatic carbocycles. The van der Waals surface area contributed by atoms with Crippen molar-refractivity contribution < 1.29 is 9.18 Å². The molecule has 104 valence electrons. The van der Waals surface area contributed by atoms with Crippen LogP contribution in [0.25, 0.3) is 0 Å². The van der Waals surface area contributed by atoms with Crippen LogP contribution in [0.1, 0.15) is 30.1 Å². The van der Waals surface area contributed by atoms with Crippen molar-refractivity contribution in [1.29, 1.82) is 0 Å². The van der Waals surface area contributed by atoms with Gasteiger partial charge in [-0.25, -0.2) is 4.39 Å². The summed E-state index contributed by atoms with van der Waals surface area (Å²) in [6.45, 7) is 3.92. The first-order valence-corrected chi connectivity index (χ1v) is 7.34. The number of benzene rings is 1. The average Bonchev–Trinajstić information content (AvgIpc) is 2.42. The summed E-state index contributed by atoms with van der Waals surface area (Å²) in [5.41, 5.74) is 0.0880. The van der Waals surface area contributed by atoms with Crippen molar-refractivity contribution in [3.05, 3.63) is 34.1 Å². The van der Waals surface area contributed by atoms with Crippen molar-refractivity contribution in [3.8, 4) is 0 Å². The predicted molar refractivity (Wildman–Crippen MR) is 76.6 cm³/mol. The van der Waals surface area contributed by atoms with E-state index in [1.807, 2.05) is 6.92 Å². The first-order chi connectivity index (χ1) is 9.09. The molecule has 2 atom stereocenters. The predicted octanol–water partition coefficient (Wildman–Crippen LogP) is 2.71. The molecule has 1 aliphatic heterocycles. The average molecular weight is 329 g/mol. The molecular formula is C14H18BrFN2O. The van der Waals surface area contributed by atoms with Gasteiger partial charge in [0.1, 0.15) is 5.82 Å². The van der Waals surface area contributed by atoms with Gasteiger partial charge in [0.2, 0.25) is 0 Å². The highest BCUT2D eigenvalue weighted by molar-refractivity contribution is 9.10. The lowest BCUT2D eigenvalue weighted by molar-refractivity contribution is 0.0917. The molecular weight excluding hydrogens is 311 g/mol. The lowest BCUT2D eigenvalue weighted by Crippen LogP contribution is -2.44. The fourth-order valence-electron chi connectivity index (χ4n) is 2.39. The molecule has 1 amide bonds. The van der Waals surface area contributed by atoms with E-state index in [4.69, 9.17) is 0 Å². The summed E-state index contributed by atoms with van der Waals surface area (Å²) in [7, 11) is 0. The minimum atomic E-state index is -0.506. The molecule has 1 aromatic carbocycles. The third-order valence-corrected chi connectivity index (χ3v) is 4.21. The van der Waals surface area contributed by atoms with Crippen LogP contribution in [0.5, 0.6) is 0 Å². The maximum absolute atomic E-state index is 13.8. The van der Waals surface area contributed by atoms with Crippen LogP contribution in [0, 0.1) is 11.7 Å². The van der Waals surface area contributed by atoms with Crippen molar-refractivity contribution in [2.75, 3.05) is 13.1 Å². The topological polar surface area (TPSA) is 41.1 Å². The molecule has 1 aliphatic rings. The molecule has 2 unspecified atom stereocenters. The minimum Gasteiger partial charge on any atom is -0.349 e. The maximum atomic E-state index is 13.8. The zero-order chi connectivity index (χ0) is 13.8. The number of amides is 1. The highest BCUT2D eigenvalue weighted by Crippen LogP contribution is 2.19. The summed E-state index contributed by atoms with van der Waals surface area (Å²) in [6, 6.07) is 4.79. The molecule has 1 heterocycles. The Hall–Kier alpha value is -0.940. The van der Waals surface area contributed by atoms with Crippen molar-refractivity contribution in [2.45, 2.75) is 25.8 Å². The van der Waals surface area contributed by atoms with Crippen LogP contribution in [0.15, 0.2) is 22.7 Å². The Balaban J connectivity index is 2.02. The maximum Gasteiger partial charge on any atom is 0.254 e. The first kappa shape index (κ1) is 14.5. The van der Waals surface area contributed by atoms with Gasteiger partial charge in [-0.15, -0.1) is 0 Å². The number of nitrogens with one attached hydrogen (secondary N) is 2. The van der Waals surface area contributed by atoms with E-state index in [9.17, 15) is 9.18 Å². The molecule has 0 radical (unpaired) electrons. The van der Waals surface area contributed by atoms with Gasteiger partial charge in [-0.05, 0) is 66.8 Å². The standard InChI is InChI=1S/C14H18BrFN2O/c1-9(10-4-3-7-17-8-10)18-14(19)11-5-2-6-12(15)13(11)16/h2,5-6,9-10,17H,3-4,7-8H2,1H3,(H,18,19). The van der Waals surface area contributed by atoms with E-state index in [1.165, 1.54) is 6.07 Å². The largest absolute Gasteiger partial charge is 0.349 e. The van der Waals surface area contributed by atoms with Crippen molar-refractivity contribution >= 4 is 21.8 Å². The van der Waals surface area contributed by atoms with Crippen LogP contribution in [-0.4, -0.2) is 25.0 Å². The lowest BCUT2D eigenvalue weighted by atomic mass is 9.92. The number of hydrogen-bond acceptors (Lipinski definition) is 2. The van der Waals surface area contributed by atoms with Crippen molar-refractivity contribution in [3.63, 3.8) is 0 Å². The molecule has 2 rings (SSSR count). The van der Waals surface area contributed by atoms with Crippen molar-refractivity contribution in [2.24, 2.45) is 5.92 Å². The Kier molecular flexibility index (Phi) is 4.93. The molecule has 0 spiro atoms. The minimum absolute atomic E-state index is 0.0404. The van der Waals surface area contributed by atoms with E-state index in [0.717, 1.165) is 25.9 Å². The Morgan fingerprint density at radius 1 is 1.58 bits per heavy atom. The second kappa shape index (κ2) is 6.48. The Bertz CT molecular complexity index is 461. The molecule has 1 saturated heterocycles. The number of rotatable bonds is 3. The third kappa shape index (κ3) is 3.54. The second-order valence-corrected chi connectivity index (χ2v) is 5.82. The van der Waals surface area contributed by atoms with E-state index < -0.39 is 5.82 Å². The summed E-state index contributed by atoms with van der Waals surface area (Å²) in [6.07, 6.45) is 2.21. The van der Waals surface area contributed by atoms with Gasteiger partial charge < -0.3 is 10.6 Å². The van der Waals surface area contributed by atoms with Gasteiger partial charge in [-0.1, -0.05) is 6.07 Å². The van der Waals surface area contributed by atoms with Gasteiger partial charge >= 0.3 is 0 Å². The SMILES string of the molecule is CC(NC(=O)c1cccc(Br)c1F)C1CCCNC1. The van der Waals surface area contributed by atoms with Crippen LogP contribution in [0.3, 0.4) is 0 Å². The molecule has 1 fully saturated rings. The van der Waals surface area contributed by atoms with Crippen LogP contribution in [0.4, 0.5) is 4.39 Å². The van der Waals surface area contributed by atoms with E-state index in [2.05, 4.69) is 26.6 Å². The molecule has 0 bridgehead atoms. The van der Waals surface area contributed by atoms with Crippen LogP contribution in [0.2, 0.25) is 0 Å². The number of hydrogen-bond donors (Lipinski definition) is 2. The fraction of sp³-hybridized carbons (Fsp3) is 0.500. The van der Waals surface area contributed by atoms with Crippen LogP contribution < -0.4 is 10.6 Å². The number of halogens is 2. The molecule has 0 saturated carbocycles. The normalized spacial score (nSPS) is 20.9. The second-order valence-electron chi connectivity index (χ2n) is 4.97. The Labute approximate surface area is 121 Å². The summed E-state index contributed by atoms with van der Waals surface area (Å²) < 4.78 is 14.1. The zero-order valence-corrected chi connectivity index (χ0v) is 12.5. The van der Waals surface area contributed by atoms with E-state index in [-0.39, 0.29) is 17.5 Å². The zero-order valence-electron chi connectivity index (χ0n) is 10.9. The number of carbonyl (C=O) groups is 1. The van der Waals surface area contributed by atoms with Gasteiger partial charge in [-0.3, -0.25) is 4.79 Å². The van der Waals surface area contributed by atoms with E-state index in [0.29, 0.717) is 10.4 Å². The summed E-state index contributed by atoms with van der Waals surface area (Å²) in [5.74, 6) is -0.446.